The van der Waals surface area contributed by atoms with E-state index in [1.54, 1.807) is 0 Å². The lowest BCUT2D eigenvalue weighted by Gasteiger charge is -2.36. The van der Waals surface area contributed by atoms with Gasteiger partial charge in [-0.2, -0.15) is 0 Å². The van der Waals surface area contributed by atoms with Crippen molar-refractivity contribution in [3.63, 3.8) is 0 Å². The van der Waals surface area contributed by atoms with E-state index in [-0.39, 0.29) is 12.4 Å². The number of halogens is 1. The van der Waals surface area contributed by atoms with Gasteiger partial charge in [-0.25, -0.2) is 0 Å². The summed E-state index contributed by atoms with van der Waals surface area (Å²) in [7, 11) is 0. The fourth-order valence-corrected chi connectivity index (χ4v) is 2.83. The molecule has 0 aromatic rings. The van der Waals surface area contributed by atoms with Crippen LogP contribution in [0.3, 0.4) is 0 Å². The third-order valence-electron chi connectivity index (χ3n) is 4.21. The molecule has 2 aliphatic rings. The molecule has 2 N–H and O–H groups in total. The van der Waals surface area contributed by atoms with Gasteiger partial charge in [0.25, 0.3) is 0 Å². The number of amides is 1. The van der Waals surface area contributed by atoms with E-state index < -0.39 is 0 Å². The molecule has 0 spiro atoms. The molecule has 17 heavy (non-hydrogen) atoms. The molecule has 100 valence electrons. The highest BCUT2D eigenvalue weighted by Crippen LogP contribution is 2.31. The predicted octanol–water partition coefficient (Wildman–Crippen LogP) is 2.33. The number of nitrogens with two attached hydrogens (primary N) is 1. The second-order valence-electron chi connectivity index (χ2n) is 5.31. The molecule has 0 radical (unpaired) electrons. The largest absolute Gasteiger partial charge is 0.338 e. The van der Waals surface area contributed by atoms with E-state index in [1.807, 2.05) is 4.90 Å². The zero-order chi connectivity index (χ0) is 11.4. The number of nitrogens with zero attached hydrogens (tertiary/aromatic N) is 1. The average Bonchev–Trinajstić information content (AvgIpc) is 2.26. The molecule has 0 aromatic heterocycles. The van der Waals surface area contributed by atoms with Gasteiger partial charge in [-0.15, -0.1) is 12.4 Å². The van der Waals surface area contributed by atoms with Crippen LogP contribution >= 0.6 is 12.4 Å². The van der Waals surface area contributed by atoms with E-state index >= 15 is 0 Å². The van der Waals surface area contributed by atoms with E-state index in [0.717, 1.165) is 38.1 Å². The number of rotatable bonds is 4. The minimum atomic E-state index is 0. The van der Waals surface area contributed by atoms with Crippen molar-refractivity contribution >= 4 is 18.3 Å². The molecule has 0 aromatic carbocycles. The molecule has 2 rings (SSSR count). The zero-order valence-corrected chi connectivity index (χ0v) is 11.4. The maximum absolute atomic E-state index is 12.1. The Morgan fingerprint density at radius 2 is 1.94 bits per heavy atom. The van der Waals surface area contributed by atoms with Crippen LogP contribution in [0.1, 0.15) is 51.4 Å². The van der Waals surface area contributed by atoms with Crippen LogP contribution in [0.5, 0.6) is 0 Å². The molecule has 1 aliphatic heterocycles. The number of piperidine rings is 1. The van der Waals surface area contributed by atoms with Crippen LogP contribution in [0.25, 0.3) is 0 Å². The highest BCUT2D eigenvalue weighted by Gasteiger charge is 2.26. The van der Waals surface area contributed by atoms with Crippen LogP contribution in [-0.2, 0) is 4.79 Å². The molecule has 1 saturated heterocycles. The summed E-state index contributed by atoms with van der Waals surface area (Å²) in [5.41, 5.74) is 5.73. The van der Waals surface area contributed by atoms with Crippen molar-refractivity contribution in [3.05, 3.63) is 0 Å². The van der Waals surface area contributed by atoms with E-state index in [1.165, 1.54) is 25.7 Å². The summed E-state index contributed by atoms with van der Waals surface area (Å²) in [6, 6.07) is 0.322. The first-order valence-electron chi connectivity index (χ1n) is 6.81. The Kier molecular flexibility index (Phi) is 6.28. The molecular weight excluding hydrogens is 236 g/mol. The topological polar surface area (TPSA) is 46.3 Å². The minimum Gasteiger partial charge on any atom is -0.338 e. The third kappa shape index (κ3) is 3.85. The lowest BCUT2D eigenvalue weighted by atomic mass is 9.82. The van der Waals surface area contributed by atoms with Gasteiger partial charge in [0.05, 0.1) is 0 Å². The van der Waals surface area contributed by atoms with Crippen molar-refractivity contribution in [2.45, 2.75) is 57.4 Å². The Morgan fingerprint density at radius 3 is 2.53 bits per heavy atom. The normalized spacial score (nSPS) is 25.0. The molecule has 1 saturated carbocycles. The second-order valence-corrected chi connectivity index (χ2v) is 5.31. The summed E-state index contributed by atoms with van der Waals surface area (Å²) >= 11 is 0. The molecule has 2 fully saturated rings. The third-order valence-corrected chi connectivity index (χ3v) is 4.21. The van der Waals surface area contributed by atoms with Crippen LogP contribution < -0.4 is 5.73 Å². The highest BCUT2D eigenvalue weighted by molar-refractivity contribution is 5.85. The number of hydrogen-bond donors (Lipinski definition) is 1. The summed E-state index contributed by atoms with van der Waals surface area (Å²) in [6.07, 6.45) is 9.40. The number of likely N-dealkylation sites (tertiary alicyclic amines) is 1. The molecule has 3 nitrogen and oxygen atoms in total. The van der Waals surface area contributed by atoms with Gasteiger partial charge in [0.2, 0.25) is 5.91 Å². The number of hydrogen-bond acceptors (Lipinski definition) is 2. The first kappa shape index (κ1) is 14.8. The minimum absolute atomic E-state index is 0. The van der Waals surface area contributed by atoms with Gasteiger partial charge in [0, 0.05) is 25.6 Å². The number of carbonyl (C=O) groups is 1. The summed E-state index contributed by atoms with van der Waals surface area (Å²) in [6.45, 7) is 1.57. The van der Waals surface area contributed by atoms with Crippen molar-refractivity contribution in [1.29, 1.82) is 0 Å². The maximum Gasteiger partial charge on any atom is 0.222 e. The van der Waals surface area contributed by atoms with Crippen LogP contribution in [-0.4, -0.2) is 29.9 Å². The van der Waals surface area contributed by atoms with Crippen molar-refractivity contribution in [1.82, 2.24) is 4.90 Å². The molecule has 4 heteroatoms. The monoisotopic (exact) mass is 260 g/mol. The zero-order valence-electron chi connectivity index (χ0n) is 10.6. The van der Waals surface area contributed by atoms with Crippen molar-refractivity contribution in [2.75, 3.05) is 13.1 Å². The SMILES string of the molecule is Cl.NCC1CCCCN1C(=O)CCC1CCC1. The van der Waals surface area contributed by atoms with E-state index in [4.69, 9.17) is 5.73 Å². The van der Waals surface area contributed by atoms with Gasteiger partial charge in [0.15, 0.2) is 0 Å². The van der Waals surface area contributed by atoms with Crippen molar-refractivity contribution in [2.24, 2.45) is 11.7 Å². The first-order chi connectivity index (χ1) is 7.81. The molecule has 1 heterocycles. The second kappa shape index (κ2) is 7.22. The average molecular weight is 261 g/mol. The summed E-state index contributed by atoms with van der Waals surface area (Å²) in [4.78, 5) is 14.1. The van der Waals surface area contributed by atoms with Gasteiger partial charge < -0.3 is 10.6 Å². The lowest BCUT2D eigenvalue weighted by Crippen LogP contribution is -2.47. The van der Waals surface area contributed by atoms with Crippen molar-refractivity contribution in [3.8, 4) is 0 Å². The quantitative estimate of drug-likeness (QED) is 0.843. The highest BCUT2D eigenvalue weighted by atomic mass is 35.5. The van der Waals surface area contributed by atoms with Gasteiger partial charge in [-0.05, 0) is 31.6 Å². The fourth-order valence-electron chi connectivity index (χ4n) is 2.83. The van der Waals surface area contributed by atoms with E-state index in [2.05, 4.69) is 0 Å². The van der Waals surface area contributed by atoms with Crippen LogP contribution in [0.4, 0.5) is 0 Å². The molecule has 1 amide bonds. The number of carbonyl (C=O) groups excluding carboxylic acids is 1. The Labute approximate surface area is 111 Å². The lowest BCUT2D eigenvalue weighted by molar-refractivity contribution is -0.135. The Morgan fingerprint density at radius 1 is 1.18 bits per heavy atom. The van der Waals surface area contributed by atoms with Crippen molar-refractivity contribution < 1.29 is 4.79 Å². The van der Waals surface area contributed by atoms with Crippen LogP contribution in [0.15, 0.2) is 0 Å². The van der Waals surface area contributed by atoms with Gasteiger partial charge >= 0.3 is 0 Å². The molecular formula is C13H25ClN2O. The standard InChI is InChI=1S/C13H24N2O.ClH/c14-10-12-6-1-2-9-15(12)13(16)8-7-11-4-3-5-11;/h11-12H,1-10,14H2;1H. The molecule has 1 atom stereocenters. The molecule has 1 aliphatic carbocycles. The smallest absolute Gasteiger partial charge is 0.222 e. The van der Waals surface area contributed by atoms with E-state index in [9.17, 15) is 4.79 Å². The van der Waals surface area contributed by atoms with Gasteiger partial charge in [-0.1, -0.05) is 19.3 Å². The summed E-state index contributed by atoms with van der Waals surface area (Å²) in [5.74, 6) is 1.19. The Balaban J connectivity index is 0.00000144. The molecule has 0 bridgehead atoms. The molecule has 1 unspecified atom stereocenters. The van der Waals surface area contributed by atoms with Gasteiger partial charge in [0.1, 0.15) is 0 Å². The fraction of sp³-hybridized carbons (Fsp3) is 0.923. The van der Waals surface area contributed by atoms with E-state index in [0.29, 0.717) is 18.5 Å². The van der Waals surface area contributed by atoms with Crippen LogP contribution in [0.2, 0.25) is 0 Å². The Hall–Kier alpha value is -0.280. The predicted molar refractivity (Wildman–Crippen MR) is 72.2 cm³/mol. The van der Waals surface area contributed by atoms with Crippen LogP contribution in [0, 0.1) is 5.92 Å². The Bertz CT molecular complexity index is 244. The summed E-state index contributed by atoms with van der Waals surface area (Å²) in [5, 5.41) is 0. The summed E-state index contributed by atoms with van der Waals surface area (Å²) < 4.78 is 0. The maximum atomic E-state index is 12.1. The first-order valence-corrected chi connectivity index (χ1v) is 6.81. The van der Waals surface area contributed by atoms with Gasteiger partial charge in [-0.3, -0.25) is 4.79 Å².